The first kappa shape index (κ1) is 12.9. The molecule has 3 aromatic rings. The Labute approximate surface area is 118 Å². The molecule has 21 heavy (non-hydrogen) atoms. The average Bonchev–Trinajstić information content (AvgIpc) is 2.97. The van der Waals surface area contributed by atoms with E-state index in [4.69, 9.17) is 5.11 Å². The molecule has 1 heterocycles. The summed E-state index contributed by atoms with van der Waals surface area (Å²) in [7, 11) is 0. The van der Waals surface area contributed by atoms with Gasteiger partial charge in [0, 0.05) is 5.56 Å². The van der Waals surface area contributed by atoms with Crippen LogP contribution in [0.4, 0.5) is 4.39 Å². The van der Waals surface area contributed by atoms with Gasteiger partial charge in [0.25, 0.3) is 0 Å². The minimum absolute atomic E-state index is 0.230. The van der Waals surface area contributed by atoms with Crippen LogP contribution < -0.4 is 0 Å². The largest absolute Gasteiger partial charge is 0.478 e. The van der Waals surface area contributed by atoms with E-state index in [2.05, 4.69) is 15.4 Å². The molecule has 0 bridgehead atoms. The summed E-state index contributed by atoms with van der Waals surface area (Å²) < 4.78 is 13.9. The number of rotatable bonds is 3. The Morgan fingerprint density at radius 1 is 1.10 bits per heavy atom. The minimum Gasteiger partial charge on any atom is -0.478 e. The zero-order valence-electron chi connectivity index (χ0n) is 10.6. The molecule has 0 aliphatic heterocycles. The van der Waals surface area contributed by atoms with Crippen LogP contribution in [0.25, 0.3) is 17.1 Å². The van der Waals surface area contributed by atoms with Crippen molar-refractivity contribution in [3.8, 4) is 17.1 Å². The summed E-state index contributed by atoms with van der Waals surface area (Å²) in [4.78, 5) is 12.1. The monoisotopic (exact) mass is 284 g/mol. The molecule has 6 nitrogen and oxygen atoms in total. The number of aromatic nitrogens is 4. The first-order valence-electron chi connectivity index (χ1n) is 6.04. The third-order valence-corrected chi connectivity index (χ3v) is 2.86. The summed E-state index contributed by atoms with van der Waals surface area (Å²) in [5.74, 6) is -1.70. The second-order valence-corrected chi connectivity index (χ2v) is 4.21. The maximum Gasteiger partial charge on any atom is 0.338 e. The molecule has 0 radical (unpaired) electrons. The topological polar surface area (TPSA) is 80.9 Å². The molecule has 0 amide bonds. The van der Waals surface area contributed by atoms with E-state index in [1.807, 2.05) is 18.2 Å². The zero-order valence-corrected chi connectivity index (χ0v) is 10.6. The van der Waals surface area contributed by atoms with Gasteiger partial charge in [-0.1, -0.05) is 36.4 Å². The van der Waals surface area contributed by atoms with Crippen LogP contribution in [0, 0.1) is 5.82 Å². The van der Waals surface area contributed by atoms with Gasteiger partial charge in [-0.25, -0.2) is 9.18 Å². The Morgan fingerprint density at radius 2 is 1.86 bits per heavy atom. The van der Waals surface area contributed by atoms with Crippen LogP contribution in [0.5, 0.6) is 0 Å². The molecule has 0 fully saturated rings. The predicted octanol–water partition coefficient (Wildman–Crippen LogP) is 2.17. The summed E-state index contributed by atoms with van der Waals surface area (Å²) in [6.45, 7) is 0. The number of hydrogen-bond donors (Lipinski definition) is 1. The first-order valence-corrected chi connectivity index (χ1v) is 6.04. The maximum absolute atomic E-state index is 13.9. The molecular weight excluding hydrogens is 275 g/mol. The number of carboxylic acid groups (broad SMARTS) is 1. The standard InChI is InChI=1S/C14H9FN4O2/c15-11-8-4-7-10(14(20)21)12(11)19-17-13(16-18-19)9-5-2-1-3-6-9/h1-8H,(H,20,21). The summed E-state index contributed by atoms with van der Waals surface area (Å²) in [6, 6.07) is 12.8. The van der Waals surface area contributed by atoms with Gasteiger partial charge in [0.1, 0.15) is 5.69 Å². The predicted molar refractivity (Wildman–Crippen MR) is 71.5 cm³/mol. The average molecular weight is 284 g/mol. The lowest BCUT2D eigenvalue weighted by Crippen LogP contribution is -2.10. The highest BCUT2D eigenvalue weighted by Crippen LogP contribution is 2.19. The Balaban J connectivity index is 2.11. The second kappa shape index (κ2) is 5.12. The van der Waals surface area contributed by atoms with E-state index >= 15 is 0 Å². The fourth-order valence-corrected chi connectivity index (χ4v) is 1.90. The van der Waals surface area contributed by atoms with Crippen molar-refractivity contribution in [3.05, 3.63) is 59.9 Å². The van der Waals surface area contributed by atoms with E-state index in [9.17, 15) is 9.18 Å². The van der Waals surface area contributed by atoms with Gasteiger partial charge in [-0.05, 0) is 17.3 Å². The number of aromatic carboxylic acids is 1. The van der Waals surface area contributed by atoms with E-state index in [1.165, 1.54) is 12.1 Å². The minimum atomic E-state index is -1.26. The highest BCUT2D eigenvalue weighted by atomic mass is 19.1. The number of para-hydroxylation sites is 1. The summed E-state index contributed by atoms with van der Waals surface area (Å²) in [5.41, 5.74) is 0.239. The Hall–Kier alpha value is -3.09. The summed E-state index contributed by atoms with van der Waals surface area (Å²) in [5, 5.41) is 20.7. The van der Waals surface area contributed by atoms with Gasteiger partial charge in [0.15, 0.2) is 5.82 Å². The van der Waals surface area contributed by atoms with Crippen molar-refractivity contribution in [2.24, 2.45) is 0 Å². The van der Waals surface area contributed by atoms with Crippen LogP contribution in [0.2, 0.25) is 0 Å². The molecule has 0 saturated carbocycles. The maximum atomic E-state index is 13.9. The number of nitrogens with zero attached hydrogens (tertiary/aromatic N) is 4. The number of carbonyl (C=O) groups is 1. The Kier molecular flexibility index (Phi) is 3.15. The molecular formula is C14H9FN4O2. The van der Waals surface area contributed by atoms with E-state index < -0.39 is 11.8 Å². The van der Waals surface area contributed by atoms with Gasteiger partial charge in [0.05, 0.1) is 5.56 Å². The van der Waals surface area contributed by atoms with Crippen LogP contribution in [0.15, 0.2) is 48.5 Å². The fourth-order valence-electron chi connectivity index (χ4n) is 1.90. The SMILES string of the molecule is O=C(O)c1cccc(F)c1-n1nnc(-c2ccccc2)n1. The van der Waals surface area contributed by atoms with Gasteiger partial charge < -0.3 is 5.11 Å². The number of benzene rings is 2. The van der Waals surface area contributed by atoms with E-state index in [0.717, 1.165) is 10.9 Å². The van der Waals surface area contributed by atoms with E-state index in [1.54, 1.807) is 12.1 Å². The lowest BCUT2D eigenvalue weighted by molar-refractivity contribution is 0.0696. The van der Waals surface area contributed by atoms with Crippen LogP contribution in [0.3, 0.4) is 0 Å². The third kappa shape index (κ3) is 2.36. The van der Waals surface area contributed by atoms with Gasteiger partial charge in [0.2, 0.25) is 5.82 Å². The number of halogens is 1. The van der Waals surface area contributed by atoms with Crippen molar-refractivity contribution in [1.29, 1.82) is 0 Å². The first-order chi connectivity index (χ1) is 10.2. The van der Waals surface area contributed by atoms with Crippen molar-refractivity contribution < 1.29 is 14.3 Å². The molecule has 3 rings (SSSR count). The molecule has 0 aliphatic carbocycles. The highest BCUT2D eigenvalue weighted by molar-refractivity contribution is 5.91. The molecule has 7 heteroatoms. The normalized spacial score (nSPS) is 10.5. The molecule has 0 saturated heterocycles. The van der Waals surface area contributed by atoms with E-state index in [0.29, 0.717) is 5.56 Å². The summed E-state index contributed by atoms with van der Waals surface area (Å²) in [6.07, 6.45) is 0. The van der Waals surface area contributed by atoms with Crippen LogP contribution in [-0.4, -0.2) is 31.3 Å². The molecule has 1 N–H and O–H groups in total. The quantitative estimate of drug-likeness (QED) is 0.797. The number of tetrazole rings is 1. The van der Waals surface area contributed by atoms with Gasteiger partial charge >= 0.3 is 5.97 Å². The van der Waals surface area contributed by atoms with Gasteiger partial charge in [-0.2, -0.15) is 0 Å². The zero-order chi connectivity index (χ0) is 14.8. The van der Waals surface area contributed by atoms with Crippen molar-refractivity contribution in [2.75, 3.05) is 0 Å². The molecule has 0 unspecified atom stereocenters. The van der Waals surface area contributed by atoms with Crippen molar-refractivity contribution in [3.63, 3.8) is 0 Å². The van der Waals surface area contributed by atoms with Crippen molar-refractivity contribution in [2.45, 2.75) is 0 Å². The van der Waals surface area contributed by atoms with E-state index in [-0.39, 0.29) is 17.1 Å². The number of hydrogen-bond acceptors (Lipinski definition) is 4. The molecule has 0 atom stereocenters. The number of carboxylic acids is 1. The molecule has 0 spiro atoms. The van der Waals surface area contributed by atoms with Crippen molar-refractivity contribution >= 4 is 5.97 Å². The van der Waals surface area contributed by atoms with Crippen LogP contribution >= 0.6 is 0 Å². The molecule has 2 aromatic carbocycles. The van der Waals surface area contributed by atoms with Crippen LogP contribution in [-0.2, 0) is 0 Å². The molecule has 1 aromatic heterocycles. The van der Waals surface area contributed by atoms with Gasteiger partial charge in [-0.3, -0.25) is 0 Å². The smallest absolute Gasteiger partial charge is 0.338 e. The van der Waals surface area contributed by atoms with Crippen molar-refractivity contribution in [1.82, 2.24) is 20.2 Å². The Bertz CT molecular complexity index is 802. The third-order valence-electron chi connectivity index (χ3n) is 2.86. The molecule has 104 valence electrons. The lowest BCUT2D eigenvalue weighted by Gasteiger charge is -2.04. The summed E-state index contributed by atoms with van der Waals surface area (Å²) >= 11 is 0. The highest BCUT2D eigenvalue weighted by Gasteiger charge is 2.19. The molecule has 0 aliphatic rings. The van der Waals surface area contributed by atoms with Gasteiger partial charge in [-0.15, -0.1) is 15.0 Å². The fraction of sp³-hybridized carbons (Fsp3) is 0. The second-order valence-electron chi connectivity index (χ2n) is 4.21. The van der Waals surface area contributed by atoms with Crippen LogP contribution in [0.1, 0.15) is 10.4 Å². The Morgan fingerprint density at radius 3 is 2.57 bits per heavy atom. The lowest BCUT2D eigenvalue weighted by atomic mass is 10.2.